The van der Waals surface area contributed by atoms with Gasteiger partial charge in [-0.1, -0.05) is 39.0 Å². The summed E-state index contributed by atoms with van der Waals surface area (Å²) in [6.07, 6.45) is 2.67. The fourth-order valence-electron chi connectivity index (χ4n) is 2.74. The number of para-hydroxylation sites is 1. The predicted octanol–water partition coefficient (Wildman–Crippen LogP) is 3.61. The molecule has 1 aromatic rings. The maximum Gasteiger partial charge on any atom is 0.0340 e. The zero-order valence-corrected chi connectivity index (χ0v) is 11.9. The van der Waals surface area contributed by atoms with Crippen molar-refractivity contribution in [2.24, 2.45) is 5.41 Å². The van der Waals surface area contributed by atoms with E-state index in [4.69, 9.17) is 0 Å². The molecule has 2 nitrogen and oxygen atoms in total. The average Bonchev–Trinajstić information content (AvgIpc) is 2.73. The lowest BCUT2D eigenvalue weighted by Gasteiger charge is -2.31. The van der Waals surface area contributed by atoms with E-state index in [1.807, 2.05) is 0 Å². The van der Waals surface area contributed by atoms with Crippen LogP contribution < -0.4 is 5.32 Å². The molecule has 0 bridgehead atoms. The van der Waals surface area contributed by atoms with Crippen molar-refractivity contribution in [1.82, 2.24) is 4.90 Å². The molecule has 100 valence electrons. The molecule has 0 aliphatic carbocycles. The number of anilines is 1. The quantitative estimate of drug-likeness (QED) is 0.873. The van der Waals surface area contributed by atoms with Crippen LogP contribution in [0.5, 0.6) is 0 Å². The third-order valence-corrected chi connectivity index (χ3v) is 3.49. The second-order valence-corrected chi connectivity index (χ2v) is 6.57. The van der Waals surface area contributed by atoms with Crippen LogP contribution in [-0.2, 0) is 0 Å². The standard InChI is InChI=1S/C16H26N2/c1-16(2,3)13-18-11-7-10-15(18)12-17-14-8-5-4-6-9-14/h4-6,8-9,15,17H,7,10-13H2,1-3H3. The fraction of sp³-hybridized carbons (Fsp3) is 0.625. The van der Waals surface area contributed by atoms with Gasteiger partial charge in [0.25, 0.3) is 0 Å². The van der Waals surface area contributed by atoms with E-state index in [2.05, 4.69) is 61.3 Å². The summed E-state index contributed by atoms with van der Waals surface area (Å²) in [6.45, 7) is 10.5. The van der Waals surface area contributed by atoms with E-state index in [0.29, 0.717) is 11.5 Å². The molecule has 1 heterocycles. The van der Waals surface area contributed by atoms with E-state index in [1.54, 1.807) is 0 Å². The van der Waals surface area contributed by atoms with Gasteiger partial charge < -0.3 is 5.32 Å². The number of benzene rings is 1. The minimum absolute atomic E-state index is 0.398. The Labute approximate surface area is 111 Å². The second kappa shape index (κ2) is 5.75. The summed E-state index contributed by atoms with van der Waals surface area (Å²) in [5, 5.41) is 3.56. The Balaban J connectivity index is 1.85. The van der Waals surface area contributed by atoms with Crippen LogP contribution in [-0.4, -0.2) is 30.6 Å². The summed E-state index contributed by atoms with van der Waals surface area (Å²) in [7, 11) is 0. The highest BCUT2D eigenvalue weighted by Gasteiger charge is 2.27. The molecule has 1 aromatic carbocycles. The van der Waals surface area contributed by atoms with Crippen molar-refractivity contribution in [3.63, 3.8) is 0 Å². The molecule has 2 rings (SSSR count). The summed E-state index contributed by atoms with van der Waals surface area (Å²) in [5.41, 5.74) is 1.63. The first kappa shape index (κ1) is 13.4. The first-order valence-electron chi connectivity index (χ1n) is 7.07. The highest BCUT2D eigenvalue weighted by atomic mass is 15.2. The van der Waals surface area contributed by atoms with Crippen LogP contribution in [0.1, 0.15) is 33.6 Å². The smallest absolute Gasteiger partial charge is 0.0340 e. The zero-order valence-electron chi connectivity index (χ0n) is 11.9. The Morgan fingerprint density at radius 1 is 1.22 bits per heavy atom. The SMILES string of the molecule is CC(C)(C)CN1CCCC1CNc1ccccc1. The number of likely N-dealkylation sites (tertiary alicyclic amines) is 1. The summed E-state index contributed by atoms with van der Waals surface area (Å²) < 4.78 is 0. The van der Waals surface area contributed by atoms with Gasteiger partial charge in [0, 0.05) is 24.8 Å². The van der Waals surface area contributed by atoms with Gasteiger partial charge in [0.05, 0.1) is 0 Å². The molecule has 1 saturated heterocycles. The highest BCUT2D eigenvalue weighted by Crippen LogP contribution is 2.24. The number of nitrogens with one attached hydrogen (secondary N) is 1. The molecule has 1 N–H and O–H groups in total. The van der Waals surface area contributed by atoms with E-state index < -0.39 is 0 Å². The van der Waals surface area contributed by atoms with Crippen LogP contribution in [0.15, 0.2) is 30.3 Å². The zero-order chi connectivity index (χ0) is 13.0. The van der Waals surface area contributed by atoms with Crippen LogP contribution in [0.3, 0.4) is 0 Å². The van der Waals surface area contributed by atoms with Gasteiger partial charge in [-0.15, -0.1) is 0 Å². The third kappa shape index (κ3) is 4.02. The van der Waals surface area contributed by atoms with Crippen LogP contribution in [0.2, 0.25) is 0 Å². The molecule has 0 spiro atoms. The summed E-state index contributed by atoms with van der Waals surface area (Å²) in [4.78, 5) is 2.65. The Morgan fingerprint density at radius 2 is 1.94 bits per heavy atom. The van der Waals surface area contributed by atoms with Gasteiger partial charge in [0.15, 0.2) is 0 Å². The van der Waals surface area contributed by atoms with Crippen LogP contribution in [0.4, 0.5) is 5.69 Å². The van der Waals surface area contributed by atoms with Gasteiger partial charge in [-0.05, 0) is 36.9 Å². The molecule has 18 heavy (non-hydrogen) atoms. The number of nitrogens with zero attached hydrogens (tertiary/aromatic N) is 1. The molecular weight excluding hydrogens is 220 g/mol. The molecule has 2 heteroatoms. The van der Waals surface area contributed by atoms with Crippen molar-refractivity contribution in [1.29, 1.82) is 0 Å². The molecule has 1 fully saturated rings. The van der Waals surface area contributed by atoms with E-state index in [0.717, 1.165) is 6.54 Å². The van der Waals surface area contributed by atoms with Gasteiger partial charge in [0.2, 0.25) is 0 Å². The van der Waals surface area contributed by atoms with E-state index in [9.17, 15) is 0 Å². The number of hydrogen-bond donors (Lipinski definition) is 1. The minimum atomic E-state index is 0.398. The maximum absolute atomic E-state index is 3.56. The van der Waals surface area contributed by atoms with Gasteiger partial charge >= 0.3 is 0 Å². The largest absolute Gasteiger partial charge is 0.383 e. The Bertz CT molecular complexity index is 353. The fourth-order valence-corrected chi connectivity index (χ4v) is 2.74. The van der Waals surface area contributed by atoms with Crippen LogP contribution in [0.25, 0.3) is 0 Å². The molecule has 1 atom stereocenters. The van der Waals surface area contributed by atoms with Crippen molar-refractivity contribution in [3.8, 4) is 0 Å². The normalized spacial score (nSPS) is 21.2. The monoisotopic (exact) mass is 246 g/mol. The molecule has 0 saturated carbocycles. The number of hydrogen-bond acceptors (Lipinski definition) is 2. The topological polar surface area (TPSA) is 15.3 Å². The highest BCUT2D eigenvalue weighted by molar-refractivity contribution is 5.42. The van der Waals surface area contributed by atoms with E-state index in [-0.39, 0.29) is 0 Å². The van der Waals surface area contributed by atoms with Gasteiger partial charge in [-0.3, -0.25) is 4.90 Å². The van der Waals surface area contributed by atoms with Gasteiger partial charge in [0.1, 0.15) is 0 Å². The lowest BCUT2D eigenvalue weighted by Crippen LogP contribution is -2.40. The molecule has 1 aliphatic rings. The van der Waals surface area contributed by atoms with Gasteiger partial charge in [-0.25, -0.2) is 0 Å². The van der Waals surface area contributed by atoms with Gasteiger partial charge in [-0.2, -0.15) is 0 Å². The van der Waals surface area contributed by atoms with E-state index in [1.165, 1.54) is 31.6 Å². The van der Waals surface area contributed by atoms with Crippen molar-refractivity contribution < 1.29 is 0 Å². The minimum Gasteiger partial charge on any atom is -0.383 e. The van der Waals surface area contributed by atoms with Crippen LogP contribution >= 0.6 is 0 Å². The van der Waals surface area contributed by atoms with Crippen molar-refractivity contribution in [2.75, 3.05) is 25.0 Å². The predicted molar refractivity (Wildman–Crippen MR) is 79.0 cm³/mol. The first-order chi connectivity index (χ1) is 8.54. The molecule has 1 aliphatic heterocycles. The Morgan fingerprint density at radius 3 is 2.61 bits per heavy atom. The lowest BCUT2D eigenvalue weighted by atomic mass is 9.95. The van der Waals surface area contributed by atoms with Crippen LogP contribution in [0, 0.1) is 5.41 Å². The molecule has 1 unspecified atom stereocenters. The lowest BCUT2D eigenvalue weighted by molar-refractivity contribution is 0.183. The second-order valence-electron chi connectivity index (χ2n) is 6.57. The van der Waals surface area contributed by atoms with Crippen molar-refractivity contribution >= 4 is 5.69 Å². The Hall–Kier alpha value is -1.02. The molecule has 0 aromatic heterocycles. The Kier molecular flexibility index (Phi) is 4.28. The summed E-state index contributed by atoms with van der Waals surface area (Å²) in [6, 6.07) is 11.2. The summed E-state index contributed by atoms with van der Waals surface area (Å²) in [5.74, 6) is 0. The number of rotatable bonds is 4. The third-order valence-electron chi connectivity index (χ3n) is 3.49. The van der Waals surface area contributed by atoms with E-state index >= 15 is 0 Å². The molecule has 0 radical (unpaired) electrons. The molecular formula is C16H26N2. The first-order valence-corrected chi connectivity index (χ1v) is 7.07. The average molecular weight is 246 g/mol. The molecule has 0 amide bonds. The van der Waals surface area contributed by atoms with Crippen molar-refractivity contribution in [3.05, 3.63) is 30.3 Å². The van der Waals surface area contributed by atoms with Crippen molar-refractivity contribution in [2.45, 2.75) is 39.7 Å². The maximum atomic E-state index is 3.56. The summed E-state index contributed by atoms with van der Waals surface area (Å²) >= 11 is 0.